The van der Waals surface area contributed by atoms with Crippen LogP contribution in [-0.2, 0) is 0 Å². The van der Waals surface area contributed by atoms with Crippen molar-refractivity contribution in [1.82, 2.24) is 0 Å². The lowest BCUT2D eigenvalue weighted by Crippen LogP contribution is -1.92. The predicted molar refractivity (Wildman–Crippen MR) is 48.4 cm³/mol. The number of halogens is 2. The van der Waals surface area contributed by atoms with Gasteiger partial charge in [0, 0.05) is 5.39 Å². The molecule has 6 heteroatoms. The highest BCUT2D eigenvalue weighted by atomic mass is 32.1. The molecular weight excluding hydrogens is 212 g/mol. The Morgan fingerprint density at radius 3 is 2.79 bits per heavy atom. The number of rotatable bonds is 1. The van der Waals surface area contributed by atoms with Gasteiger partial charge in [-0.2, -0.15) is 0 Å². The number of hydrogen-bond donors (Lipinski definition) is 0. The lowest BCUT2D eigenvalue weighted by Gasteiger charge is -1.96. The van der Waals surface area contributed by atoms with Crippen molar-refractivity contribution in [3.63, 3.8) is 0 Å². The summed E-state index contributed by atoms with van der Waals surface area (Å²) < 4.78 is 26.1. The van der Waals surface area contributed by atoms with E-state index in [0.29, 0.717) is 6.07 Å². The first kappa shape index (κ1) is 9.01. The first-order chi connectivity index (χ1) is 6.61. The molecule has 0 aliphatic carbocycles. The van der Waals surface area contributed by atoms with E-state index in [1.54, 1.807) is 0 Å². The second kappa shape index (κ2) is 2.98. The number of benzene rings is 1. The van der Waals surface area contributed by atoms with Gasteiger partial charge < -0.3 is 0 Å². The molecule has 0 unspecified atom stereocenters. The molecule has 0 N–H and O–H groups in total. The average Bonchev–Trinajstić information content (AvgIpc) is 2.59. The van der Waals surface area contributed by atoms with Gasteiger partial charge in [-0.25, -0.2) is 8.78 Å². The Labute approximate surface area is 80.7 Å². The third-order valence-electron chi connectivity index (χ3n) is 1.80. The summed E-state index contributed by atoms with van der Waals surface area (Å²) in [6.45, 7) is 0. The topological polar surface area (TPSA) is 43.1 Å². The molecule has 1 aromatic heterocycles. The van der Waals surface area contributed by atoms with E-state index in [1.165, 1.54) is 11.4 Å². The highest BCUT2D eigenvalue weighted by molar-refractivity contribution is 7.17. The van der Waals surface area contributed by atoms with E-state index in [4.69, 9.17) is 0 Å². The van der Waals surface area contributed by atoms with Crippen LogP contribution in [0.1, 0.15) is 0 Å². The minimum Gasteiger partial charge on any atom is -0.258 e. The second-order valence-corrected chi connectivity index (χ2v) is 3.53. The van der Waals surface area contributed by atoms with Crippen molar-refractivity contribution in [2.75, 3.05) is 0 Å². The maximum absolute atomic E-state index is 13.1. The van der Waals surface area contributed by atoms with Crippen LogP contribution in [0.2, 0.25) is 0 Å². The number of thiophene rings is 1. The van der Waals surface area contributed by atoms with Gasteiger partial charge in [0.05, 0.1) is 11.0 Å². The molecule has 0 saturated carbocycles. The van der Waals surface area contributed by atoms with E-state index in [1.807, 2.05) is 0 Å². The Morgan fingerprint density at radius 2 is 2.14 bits per heavy atom. The van der Waals surface area contributed by atoms with Gasteiger partial charge in [-0.15, -0.1) is 11.3 Å². The van der Waals surface area contributed by atoms with Crippen molar-refractivity contribution in [1.29, 1.82) is 0 Å². The Balaban J connectivity index is 2.91. The first-order valence-corrected chi connectivity index (χ1v) is 4.49. The fourth-order valence-corrected chi connectivity index (χ4v) is 2.07. The van der Waals surface area contributed by atoms with Crippen LogP contribution in [0.25, 0.3) is 10.1 Å². The summed E-state index contributed by atoms with van der Waals surface area (Å²) in [6.07, 6.45) is 0. The molecule has 3 nitrogen and oxygen atoms in total. The summed E-state index contributed by atoms with van der Waals surface area (Å²) in [5, 5.41) is 11.9. The monoisotopic (exact) mass is 215 g/mol. The van der Waals surface area contributed by atoms with E-state index in [2.05, 4.69) is 0 Å². The summed E-state index contributed by atoms with van der Waals surface area (Å²) in [7, 11) is 0. The SMILES string of the molecule is O=[N+]([O-])c1cc(F)c(F)c2ccsc12. The molecule has 0 fully saturated rings. The predicted octanol–water partition coefficient (Wildman–Crippen LogP) is 3.09. The summed E-state index contributed by atoms with van der Waals surface area (Å²) >= 11 is 1.02. The van der Waals surface area contributed by atoms with Gasteiger partial charge in [-0.3, -0.25) is 10.1 Å². The Bertz CT molecular complexity index is 523. The van der Waals surface area contributed by atoms with Crippen LogP contribution >= 0.6 is 11.3 Å². The van der Waals surface area contributed by atoms with Gasteiger partial charge in [0.25, 0.3) is 5.69 Å². The van der Waals surface area contributed by atoms with Gasteiger partial charge >= 0.3 is 0 Å². The summed E-state index contributed by atoms with van der Waals surface area (Å²) in [5.74, 6) is -2.23. The highest BCUT2D eigenvalue weighted by Crippen LogP contribution is 2.33. The van der Waals surface area contributed by atoms with Crippen molar-refractivity contribution in [3.05, 3.63) is 39.3 Å². The number of fused-ring (bicyclic) bond motifs is 1. The van der Waals surface area contributed by atoms with E-state index in [-0.39, 0.29) is 10.1 Å². The summed E-state index contributed by atoms with van der Waals surface area (Å²) in [6, 6.07) is 1.93. The molecule has 0 bridgehead atoms. The number of nitrogens with zero attached hydrogens (tertiary/aromatic N) is 1. The fraction of sp³-hybridized carbons (Fsp3) is 0. The van der Waals surface area contributed by atoms with Crippen molar-refractivity contribution < 1.29 is 13.7 Å². The fourth-order valence-electron chi connectivity index (χ4n) is 1.19. The molecule has 0 amide bonds. The van der Waals surface area contributed by atoms with Crippen molar-refractivity contribution in [3.8, 4) is 0 Å². The van der Waals surface area contributed by atoms with Gasteiger partial charge in [0.2, 0.25) is 0 Å². The van der Waals surface area contributed by atoms with Gasteiger partial charge in [-0.1, -0.05) is 0 Å². The minimum atomic E-state index is -1.19. The molecule has 1 aromatic carbocycles. The number of nitro benzene ring substituents is 1. The molecule has 0 atom stereocenters. The van der Waals surface area contributed by atoms with Crippen LogP contribution in [0.15, 0.2) is 17.5 Å². The zero-order chi connectivity index (χ0) is 10.3. The molecule has 1 heterocycles. The molecule has 14 heavy (non-hydrogen) atoms. The molecule has 0 aliphatic heterocycles. The maximum Gasteiger partial charge on any atom is 0.290 e. The Morgan fingerprint density at radius 1 is 1.43 bits per heavy atom. The van der Waals surface area contributed by atoms with Crippen LogP contribution in [0.4, 0.5) is 14.5 Å². The molecule has 0 radical (unpaired) electrons. The standard InChI is InChI=1S/C8H3F2NO2S/c9-5-3-6(11(12)13)8-4(7(5)10)1-2-14-8/h1-3H. The van der Waals surface area contributed by atoms with Gasteiger partial charge in [0.15, 0.2) is 11.6 Å². The van der Waals surface area contributed by atoms with Crippen LogP contribution in [0.3, 0.4) is 0 Å². The molecule has 2 rings (SSSR count). The Hall–Kier alpha value is -1.56. The molecule has 0 spiro atoms. The zero-order valence-corrected chi connectivity index (χ0v) is 7.48. The maximum atomic E-state index is 13.1. The largest absolute Gasteiger partial charge is 0.290 e. The molecule has 0 aliphatic rings. The zero-order valence-electron chi connectivity index (χ0n) is 6.66. The van der Waals surface area contributed by atoms with E-state index >= 15 is 0 Å². The third-order valence-corrected chi connectivity index (χ3v) is 2.74. The van der Waals surface area contributed by atoms with Crippen LogP contribution in [0, 0.1) is 21.7 Å². The minimum absolute atomic E-state index is 0.0401. The summed E-state index contributed by atoms with van der Waals surface area (Å²) in [5.41, 5.74) is -0.395. The molecule has 0 saturated heterocycles. The number of nitro groups is 1. The number of non-ortho nitro benzene ring substituents is 1. The van der Waals surface area contributed by atoms with Crippen LogP contribution in [-0.4, -0.2) is 4.92 Å². The normalized spacial score (nSPS) is 10.7. The van der Waals surface area contributed by atoms with Gasteiger partial charge in [-0.05, 0) is 11.4 Å². The third kappa shape index (κ3) is 1.15. The molecule has 72 valence electrons. The van der Waals surface area contributed by atoms with E-state index < -0.39 is 22.2 Å². The van der Waals surface area contributed by atoms with Crippen LogP contribution in [0.5, 0.6) is 0 Å². The van der Waals surface area contributed by atoms with Crippen LogP contribution < -0.4 is 0 Å². The van der Waals surface area contributed by atoms with Crippen molar-refractivity contribution >= 4 is 27.1 Å². The lowest BCUT2D eigenvalue weighted by molar-refractivity contribution is -0.383. The quantitative estimate of drug-likeness (QED) is 0.542. The van der Waals surface area contributed by atoms with E-state index in [9.17, 15) is 18.9 Å². The summed E-state index contributed by atoms with van der Waals surface area (Å²) in [4.78, 5) is 9.78. The van der Waals surface area contributed by atoms with Crippen molar-refractivity contribution in [2.45, 2.75) is 0 Å². The molecular formula is C8H3F2NO2S. The van der Waals surface area contributed by atoms with E-state index in [0.717, 1.165) is 11.3 Å². The first-order valence-electron chi connectivity index (χ1n) is 3.61. The highest BCUT2D eigenvalue weighted by Gasteiger charge is 2.19. The lowest BCUT2D eigenvalue weighted by atomic mass is 10.2. The smallest absolute Gasteiger partial charge is 0.258 e. The van der Waals surface area contributed by atoms with Crippen molar-refractivity contribution in [2.24, 2.45) is 0 Å². The van der Waals surface area contributed by atoms with Gasteiger partial charge in [0.1, 0.15) is 4.70 Å². The second-order valence-electron chi connectivity index (χ2n) is 2.61. The average molecular weight is 215 g/mol. The number of hydrogen-bond acceptors (Lipinski definition) is 3. The Kier molecular flexibility index (Phi) is 1.92. The molecule has 2 aromatic rings.